The molecule has 0 aliphatic rings. The summed E-state index contributed by atoms with van der Waals surface area (Å²) < 4.78 is 0.663. The number of aromatic nitrogens is 2. The largest absolute Gasteiger partial charge is 0.330 e. The number of carbonyl (C=O) groups excluding carboxylic acids is 2. The van der Waals surface area contributed by atoms with E-state index in [1.165, 1.54) is 34.2 Å². The third-order valence-corrected chi connectivity index (χ3v) is 5.81. The van der Waals surface area contributed by atoms with Crippen molar-refractivity contribution in [1.82, 2.24) is 21.0 Å². The maximum atomic E-state index is 11.9. The van der Waals surface area contributed by atoms with Crippen LogP contribution in [0.3, 0.4) is 0 Å². The van der Waals surface area contributed by atoms with Gasteiger partial charge in [0.05, 0.1) is 5.75 Å². The summed E-state index contributed by atoms with van der Waals surface area (Å²) in [6.07, 6.45) is 0. The van der Waals surface area contributed by atoms with E-state index in [9.17, 15) is 9.59 Å². The van der Waals surface area contributed by atoms with Crippen LogP contribution in [0, 0.1) is 13.8 Å². The number of benzene rings is 2. The van der Waals surface area contributed by atoms with Gasteiger partial charge < -0.3 is 5.32 Å². The Kier molecular flexibility index (Phi) is 6.62. The Morgan fingerprint density at radius 2 is 1.79 bits per heavy atom. The SMILES string of the molecule is Cc1ccc(Nc2nnc(SCC(=O)NNC(=O)c3ccccc3)s2)cc1C. The molecule has 0 spiro atoms. The number of hydrogen-bond acceptors (Lipinski definition) is 7. The average molecular weight is 414 g/mol. The Bertz CT molecular complexity index is 975. The van der Waals surface area contributed by atoms with Crippen LogP contribution in [-0.2, 0) is 4.79 Å². The van der Waals surface area contributed by atoms with E-state index in [1.807, 2.05) is 24.3 Å². The van der Waals surface area contributed by atoms with Crippen LogP contribution in [0.1, 0.15) is 21.5 Å². The third-order valence-electron chi connectivity index (χ3n) is 3.84. The summed E-state index contributed by atoms with van der Waals surface area (Å²) in [6, 6.07) is 14.7. The van der Waals surface area contributed by atoms with Crippen LogP contribution in [0.2, 0.25) is 0 Å². The third kappa shape index (κ3) is 5.54. The lowest BCUT2D eigenvalue weighted by Gasteiger charge is -2.06. The minimum absolute atomic E-state index is 0.118. The Hall–Kier alpha value is -2.91. The molecule has 7 nitrogen and oxygen atoms in total. The van der Waals surface area contributed by atoms with E-state index in [4.69, 9.17) is 0 Å². The molecular formula is C19H19N5O2S2. The number of nitrogens with zero attached hydrogens (tertiary/aromatic N) is 2. The highest BCUT2D eigenvalue weighted by Crippen LogP contribution is 2.28. The molecule has 0 saturated carbocycles. The van der Waals surface area contributed by atoms with Gasteiger partial charge >= 0.3 is 0 Å². The molecule has 0 aliphatic heterocycles. The molecule has 2 amide bonds. The molecule has 0 saturated heterocycles. The van der Waals surface area contributed by atoms with E-state index in [1.54, 1.807) is 24.3 Å². The molecule has 0 bridgehead atoms. The van der Waals surface area contributed by atoms with Crippen molar-refractivity contribution in [2.45, 2.75) is 18.2 Å². The number of anilines is 2. The quantitative estimate of drug-likeness (QED) is 0.423. The molecular weight excluding hydrogens is 394 g/mol. The molecule has 2 aromatic carbocycles. The van der Waals surface area contributed by atoms with Gasteiger partial charge in [-0.15, -0.1) is 10.2 Å². The van der Waals surface area contributed by atoms with E-state index in [-0.39, 0.29) is 17.6 Å². The standard InChI is InChI=1S/C19H19N5O2S2/c1-12-8-9-15(10-13(12)2)20-18-23-24-19(28-18)27-11-16(25)21-22-17(26)14-6-4-3-5-7-14/h3-10H,11H2,1-2H3,(H,20,23)(H,21,25)(H,22,26). The first kappa shape index (κ1) is 19.8. The van der Waals surface area contributed by atoms with Crippen LogP contribution >= 0.6 is 23.1 Å². The van der Waals surface area contributed by atoms with Crippen molar-refractivity contribution < 1.29 is 9.59 Å². The van der Waals surface area contributed by atoms with Crippen LogP contribution in [0.15, 0.2) is 52.9 Å². The Balaban J connectivity index is 1.45. The van der Waals surface area contributed by atoms with Crippen molar-refractivity contribution in [2.75, 3.05) is 11.1 Å². The lowest BCUT2D eigenvalue weighted by atomic mass is 10.1. The minimum atomic E-state index is -0.366. The predicted octanol–water partition coefficient (Wildman–Crippen LogP) is 3.45. The monoisotopic (exact) mass is 413 g/mol. The highest BCUT2D eigenvalue weighted by atomic mass is 32.2. The second-order valence-corrected chi connectivity index (χ2v) is 8.15. The number of rotatable bonds is 6. The number of aryl methyl sites for hydroxylation is 2. The topological polar surface area (TPSA) is 96.0 Å². The van der Waals surface area contributed by atoms with Crippen molar-refractivity contribution in [3.8, 4) is 0 Å². The van der Waals surface area contributed by atoms with Crippen LogP contribution in [0.25, 0.3) is 0 Å². The summed E-state index contributed by atoms with van der Waals surface area (Å²) in [7, 11) is 0. The summed E-state index contributed by atoms with van der Waals surface area (Å²) >= 11 is 2.62. The molecule has 0 radical (unpaired) electrons. The summed E-state index contributed by atoms with van der Waals surface area (Å²) in [5.74, 6) is -0.573. The van der Waals surface area contributed by atoms with E-state index >= 15 is 0 Å². The molecule has 0 unspecified atom stereocenters. The summed E-state index contributed by atoms with van der Waals surface area (Å²) in [6.45, 7) is 4.11. The van der Waals surface area contributed by atoms with Gasteiger partial charge in [0.1, 0.15) is 0 Å². The molecule has 0 fully saturated rings. The van der Waals surface area contributed by atoms with Gasteiger partial charge in [0.2, 0.25) is 11.0 Å². The van der Waals surface area contributed by atoms with Gasteiger partial charge in [-0.25, -0.2) is 0 Å². The Morgan fingerprint density at radius 3 is 2.54 bits per heavy atom. The predicted molar refractivity (Wildman–Crippen MR) is 112 cm³/mol. The molecule has 144 valence electrons. The normalized spacial score (nSPS) is 10.4. The zero-order valence-electron chi connectivity index (χ0n) is 15.4. The minimum Gasteiger partial charge on any atom is -0.330 e. The number of amides is 2. The van der Waals surface area contributed by atoms with Crippen molar-refractivity contribution >= 4 is 45.7 Å². The van der Waals surface area contributed by atoms with Gasteiger partial charge in [-0.3, -0.25) is 20.4 Å². The van der Waals surface area contributed by atoms with E-state index < -0.39 is 0 Å². The van der Waals surface area contributed by atoms with E-state index in [2.05, 4.69) is 40.2 Å². The van der Waals surface area contributed by atoms with Crippen molar-refractivity contribution in [2.24, 2.45) is 0 Å². The molecule has 1 aromatic heterocycles. The second kappa shape index (κ2) is 9.34. The zero-order valence-corrected chi connectivity index (χ0v) is 17.0. The number of hydrogen-bond donors (Lipinski definition) is 3. The maximum Gasteiger partial charge on any atom is 0.269 e. The van der Waals surface area contributed by atoms with Gasteiger partial charge in [0, 0.05) is 11.3 Å². The fourth-order valence-corrected chi connectivity index (χ4v) is 3.78. The first-order valence-electron chi connectivity index (χ1n) is 8.46. The first-order chi connectivity index (χ1) is 13.5. The van der Waals surface area contributed by atoms with Gasteiger partial charge in [0.25, 0.3) is 5.91 Å². The number of nitrogens with one attached hydrogen (secondary N) is 3. The van der Waals surface area contributed by atoms with Gasteiger partial charge in [0.15, 0.2) is 4.34 Å². The molecule has 28 heavy (non-hydrogen) atoms. The molecule has 9 heteroatoms. The fourth-order valence-electron chi connectivity index (χ4n) is 2.21. The van der Waals surface area contributed by atoms with Crippen molar-refractivity contribution in [1.29, 1.82) is 0 Å². The molecule has 1 heterocycles. The fraction of sp³-hybridized carbons (Fsp3) is 0.158. The Morgan fingerprint density at radius 1 is 1.00 bits per heavy atom. The highest BCUT2D eigenvalue weighted by Gasteiger charge is 2.10. The lowest BCUT2D eigenvalue weighted by Crippen LogP contribution is -2.42. The first-order valence-corrected chi connectivity index (χ1v) is 10.3. The lowest BCUT2D eigenvalue weighted by molar-refractivity contribution is -0.119. The molecule has 0 aliphatic carbocycles. The summed E-state index contributed by atoms with van der Waals surface area (Å²) in [5.41, 5.74) is 8.61. The Labute approximate surface area is 170 Å². The molecule has 3 N–H and O–H groups in total. The average Bonchev–Trinajstić information content (AvgIpc) is 3.15. The maximum absolute atomic E-state index is 11.9. The molecule has 0 atom stereocenters. The van der Waals surface area contributed by atoms with Gasteiger partial charge in [-0.1, -0.05) is 47.4 Å². The molecule has 3 rings (SSSR count). The second-order valence-electron chi connectivity index (χ2n) is 5.95. The van der Waals surface area contributed by atoms with Crippen LogP contribution in [0.5, 0.6) is 0 Å². The smallest absolute Gasteiger partial charge is 0.269 e. The summed E-state index contributed by atoms with van der Waals surface area (Å²) in [4.78, 5) is 23.8. The van der Waals surface area contributed by atoms with Gasteiger partial charge in [-0.05, 0) is 49.2 Å². The van der Waals surface area contributed by atoms with Crippen LogP contribution < -0.4 is 16.2 Å². The van der Waals surface area contributed by atoms with Crippen LogP contribution in [-0.4, -0.2) is 27.8 Å². The van der Waals surface area contributed by atoms with Crippen LogP contribution in [0.4, 0.5) is 10.8 Å². The number of carbonyl (C=O) groups is 2. The van der Waals surface area contributed by atoms with Crippen molar-refractivity contribution in [3.63, 3.8) is 0 Å². The number of hydrazine groups is 1. The van der Waals surface area contributed by atoms with Gasteiger partial charge in [-0.2, -0.15) is 0 Å². The summed E-state index contributed by atoms with van der Waals surface area (Å²) in [5, 5.41) is 12.0. The number of thioether (sulfide) groups is 1. The zero-order chi connectivity index (χ0) is 19.9. The van der Waals surface area contributed by atoms with E-state index in [0.717, 1.165) is 5.69 Å². The highest BCUT2D eigenvalue weighted by molar-refractivity contribution is 8.01. The molecule has 3 aromatic rings. The van der Waals surface area contributed by atoms with E-state index in [0.29, 0.717) is 15.0 Å². The van der Waals surface area contributed by atoms with Crippen molar-refractivity contribution in [3.05, 3.63) is 65.2 Å².